The smallest absolute Gasteiger partial charge is 0.257 e. The van der Waals surface area contributed by atoms with Crippen molar-refractivity contribution < 1.29 is 4.79 Å². The summed E-state index contributed by atoms with van der Waals surface area (Å²) in [6.45, 7) is 2.09. The molecule has 25 heavy (non-hydrogen) atoms. The highest BCUT2D eigenvalue weighted by atomic mass is 16.1. The van der Waals surface area contributed by atoms with Gasteiger partial charge in [0.1, 0.15) is 5.82 Å². The van der Waals surface area contributed by atoms with Crippen molar-refractivity contribution in [2.45, 2.75) is 19.3 Å². The summed E-state index contributed by atoms with van der Waals surface area (Å²) in [5.74, 6) is 0.791. The average Bonchev–Trinajstić information content (AvgIpc) is 2.69. The predicted octanol–water partition coefficient (Wildman–Crippen LogP) is 3.87. The Balaban J connectivity index is 1.48. The Bertz CT molecular complexity index is 886. The standard InChI is InChI=1S/C20H20N4O/c25-20(23-17-8-6-15-5-4-10-21-18(15)13-17)16-7-9-19(22-14-16)24-11-2-1-3-12-24/h4-10,13-14H,1-3,11-12H2,(H,23,25). The first-order chi connectivity index (χ1) is 12.3. The van der Waals surface area contributed by atoms with Gasteiger partial charge in [-0.25, -0.2) is 4.98 Å². The summed E-state index contributed by atoms with van der Waals surface area (Å²) in [5, 5.41) is 3.97. The molecule has 1 amide bonds. The monoisotopic (exact) mass is 332 g/mol. The number of carbonyl (C=O) groups excluding carboxylic acids is 1. The Labute approximate surface area is 146 Å². The molecule has 1 aliphatic heterocycles. The molecule has 0 bridgehead atoms. The lowest BCUT2D eigenvalue weighted by Gasteiger charge is -2.27. The van der Waals surface area contributed by atoms with Crippen LogP contribution in [-0.4, -0.2) is 29.0 Å². The van der Waals surface area contributed by atoms with Crippen LogP contribution in [0.25, 0.3) is 10.9 Å². The van der Waals surface area contributed by atoms with E-state index in [1.54, 1.807) is 12.4 Å². The van der Waals surface area contributed by atoms with Crippen molar-refractivity contribution in [3.63, 3.8) is 0 Å². The fourth-order valence-corrected chi connectivity index (χ4v) is 3.18. The summed E-state index contributed by atoms with van der Waals surface area (Å²) >= 11 is 0. The van der Waals surface area contributed by atoms with Crippen LogP contribution in [0.3, 0.4) is 0 Å². The predicted molar refractivity (Wildman–Crippen MR) is 100.0 cm³/mol. The van der Waals surface area contributed by atoms with E-state index in [4.69, 9.17) is 0 Å². The molecule has 0 spiro atoms. The van der Waals surface area contributed by atoms with E-state index in [1.165, 1.54) is 19.3 Å². The molecule has 1 aliphatic rings. The Kier molecular flexibility index (Phi) is 4.29. The molecule has 0 unspecified atom stereocenters. The summed E-state index contributed by atoms with van der Waals surface area (Å²) in [6.07, 6.45) is 7.10. The second-order valence-corrected chi connectivity index (χ2v) is 6.32. The Morgan fingerprint density at radius 3 is 2.68 bits per heavy atom. The second-order valence-electron chi connectivity index (χ2n) is 6.32. The average molecular weight is 332 g/mol. The third-order valence-corrected chi connectivity index (χ3v) is 4.55. The minimum Gasteiger partial charge on any atom is -0.357 e. The van der Waals surface area contributed by atoms with Crippen molar-refractivity contribution in [2.24, 2.45) is 0 Å². The molecule has 5 nitrogen and oxygen atoms in total. The van der Waals surface area contributed by atoms with E-state index in [-0.39, 0.29) is 5.91 Å². The summed E-state index contributed by atoms with van der Waals surface area (Å²) in [5.41, 5.74) is 2.15. The zero-order valence-electron chi connectivity index (χ0n) is 14.0. The minimum atomic E-state index is -0.159. The highest BCUT2D eigenvalue weighted by molar-refractivity contribution is 6.04. The van der Waals surface area contributed by atoms with Crippen LogP contribution in [0.2, 0.25) is 0 Å². The zero-order chi connectivity index (χ0) is 17.1. The second kappa shape index (κ2) is 6.89. The van der Waals surface area contributed by atoms with Crippen molar-refractivity contribution in [1.29, 1.82) is 0 Å². The molecule has 5 heteroatoms. The van der Waals surface area contributed by atoms with Gasteiger partial charge in [0.15, 0.2) is 0 Å². The number of carbonyl (C=O) groups is 1. The van der Waals surface area contributed by atoms with E-state index in [2.05, 4.69) is 20.2 Å². The fraction of sp³-hybridized carbons (Fsp3) is 0.250. The third-order valence-electron chi connectivity index (χ3n) is 4.55. The van der Waals surface area contributed by atoms with E-state index >= 15 is 0 Å². The van der Waals surface area contributed by atoms with Crippen molar-refractivity contribution in [3.8, 4) is 0 Å². The molecular weight excluding hydrogens is 312 g/mol. The first-order valence-electron chi connectivity index (χ1n) is 8.67. The number of rotatable bonds is 3. The van der Waals surface area contributed by atoms with Crippen molar-refractivity contribution >= 4 is 28.3 Å². The summed E-state index contributed by atoms with van der Waals surface area (Å²) in [4.78, 5) is 23.5. The van der Waals surface area contributed by atoms with Crippen molar-refractivity contribution in [3.05, 3.63) is 60.4 Å². The van der Waals surface area contributed by atoms with Crippen LogP contribution >= 0.6 is 0 Å². The van der Waals surface area contributed by atoms with E-state index in [0.29, 0.717) is 5.56 Å². The van der Waals surface area contributed by atoms with Gasteiger partial charge in [-0.05, 0) is 49.6 Å². The highest BCUT2D eigenvalue weighted by Gasteiger charge is 2.13. The number of nitrogens with zero attached hydrogens (tertiary/aromatic N) is 3. The van der Waals surface area contributed by atoms with Gasteiger partial charge in [-0.3, -0.25) is 9.78 Å². The molecule has 1 fully saturated rings. The van der Waals surface area contributed by atoms with Gasteiger partial charge in [0.25, 0.3) is 5.91 Å². The normalized spacial score (nSPS) is 14.5. The van der Waals surface area contributed by atoms with Gasteiger partial charge in [-0.15, -0.1) is 0 Å². The molecule has 126 valence electrons. The molecule has 2 aromatic heterocycles. The highest BCUT2D eigenvalue weighted by Crippen LogP contribution is 2.19. The van der Waals surface area contributed by atoms with Gasteiger partial charge < -0.3 is 10.2 Å². The molecule has 4 rings (SSSR count). The number of amides is 1. The SMILES string of the molecule is O=C(Nc1ccc2cccnc2c1)c1ccc(N2CCCCC2)nc1. The number of benzene rings is 1. The lowest BCUT2D eigenvalue weighted by molar-refractivity contribution is 0.102. The van der Waals surface area contributed by atoms with Crippen LogP contribution in [0.5, 0.6) is 0 Å². The lowest BCUT2D eigenvalue weighted by atomic mass is 10.1. The van der Waals surface area contributed by atoms with Crippen LogP contribution < -0.4 is 10.2 Å². The maximum Gasteiger partial charge on any atom is 0.257 e. The van der Waals surface area contributed by atoms with E-state index in [9.17, 15) is 4.79 Å². The van der Waals surface area contributed by atoms with Crippen molar-refractivity contribution in [1.82, 2.24) is 9.97 Å². The molecule has 3 aromatic rings. The summed E-state index contributed by atoms with van der Waals surface area (Å²) in [6, 6.07) is 13.4. The Hall–Kier alpha value is -2.95. The van der Waals surface area contributed by atoms with E-state index < -0.39 is 0 Å². The van der Waals surface area contributed by atoms with Crippen LogP contribution in [0.4, 0.5) is 11.5 Å². The lowest BCUT2D eigenvalue weighted by Crippen LogP contribution is -2.30. The number of fused-ring (bicyclic) bond motifs is 1. The number of aromatic nitrogens is 2. The first kappa shape index (κ1) is 15.6. The summed E-state index contributed by atoms with van der Waals surface area (Å²) in [7, 11) is 0. The summed E-state index contributed by atoms with van der Waals surface area (Å²) < 4.78 is 0. The number of hydrogen-bond acceptors (Lipinski definition) is 4. The number of pyridine rings is 2. The largest absolute Gasteiger partial charge is 0.357 e. The Morgan fingerprint density at radius 2 is 1.88 bits per heavy atom. The van der Waals surface area contributed by atoms with Crippen LogP contribution in [-0.2, 0) is 0 Å². The van der Waals surface area contributed by atoms with Gasteiger partial charge in [0, 0.05) is 36.6 Å². The molecule has 1 saturated heterocycles. The molecule has 0 aliphatic carbocycles. The molecule has 0 atom stereocenters. The molecule has 3 heterocycles. The quantitative estimate of drug-likeness (QED) is 0.791. The van der Waals surface area contributed by atoms with Gasteiger partial charge in [0.2, 0.25) is 0 Å². The van der Waals surface area contributed by atoms with Crippen LogP contribution in [0, 0.1) is 0 Å². The van der Waals surface area contributed by atoms with E-state index in [1.807, 2.05) is 42.5 Å². The van der Waals surface area contributed by atoms with Gasteiger partial charge in [-0.1, -0.05) is 12.1 Å². The number of nitrogens with one attached hydrogen (secondary N) is 1. The molecular formula is C20H20N4O. The topological polar surface area (TPSA) is 58.1 Å². The molecule has 1 aromatic carbocycles. The van der Waals surface area contributed by atoms with Gasteiger partial charge >= 0.3 is 0 Å². The number of hydrogen-bond donors (Lipinski definition) is 1. The van der Waals surface area contributed by atoms with Gasteiger partial charge in [0.05, 0.1) is 11.1 Å². The number of anilines is 2. The number of piperidine rings is 1. The first-order valence-corrected chi connectivity index (χ1v) is 8.67. The zero-order valence-corrected chi connectivity index (χ0v) is 14.0. The maximum absolute atomic E-state index is 12.5. The maximum atomic E-state index is 12.5. The molecule has 1 N–H and O–H groups in total. The van der Waals surface area contributed by atoms with Crippen LogP contribution in [0.1, 0.15) is 29.6 Å². The Morgan fingerprint density at radius 1 is 1.00 bits per heavy atom. The van der Waals surface area contributed by atoms with Crippen LogP contribution in [0.15, 0.2) is 54.9 Å². The fourth-order valence-electron chi connectivity index (χ4n) is 3.18. The third kappa shape index (κ3) is 3.45. The van der Waals surface area contributed by atoms with E-state index in [0.717, 1.165) is 35.5 Å². The van der Waals surface area contributed by atoms with Crippen molar-refractivity contribution in [2.75, 3.05) is 23.3 Å². The molecule has 0 saturated carbocycles. The minimum absolute atomic E-state index is 0.159. The molecule has 0 radical (unpaired) electrons. The van der Waals surface area contributed by atoms with Gasteiger partial charge in [-0.2, -0.15) is 0 Å².